The van der Waals surface area contributed by atoms with Gasteiger partial charge in [0, 0.05) is 17.6 Å². The highest BCUT2D eigenvalue weighted by molar-refractivity contribution is 5.05. The number of allylic oxidation sites excluding steroid dienone is 3. The highest BCUT2D eigenvalue weighted by atomic mass is 19.3. The summed E-state index contributed by atoms with van der Waals surface area (Å²) in [6, 6.07) is 0. The van der Waals surface area contributed by atoms with Crippen molar-refractivity contribution < 1.29 is 9.47 Å². The van der Waals surface area contributed by atoms with Gasteiger partial charge in [0.25, 0.3) is 0 Å². The molecule has 0 aliphatic carbocycles. The second-order valence-electron chi connectivity index (χ2n) is 1.69. The average Bonchev–Trinajstić information content (AvgIpc) is 1.99. The van der Waals surface area contributed by atoms with Gasteiger partial charge >= 0.3 is 0 Å². The first-order valence-corrected chi connectivity index (χ1v) is 3.18. The summed E-state index contributed by atoms with van der Waals surface area (Å²) in [5.41, 5.74) is 0. The quantitative estimate of drug-likeness (QED) is 0.482. The summed E-state index contributed by atoms with van der Waals surface area (Å²) < 4.78 is 11.4. The topological polar surface area (TPSA) is 21.3 Å². The van der Waals surface area contributed by atoms with Gasteiger partial charge in [0.05, 0.1) is 0 Å². The summed E-state index contributed by atoms with van der Waals surface area (Å²) in [5.74, 6) is 0.115. The third kappa shape index (κ3) is 3.95. The molecule has 0 aliphatic rings. The molecule has 0 aliphatic heterocycles. The zero-order valence-electron chi connectivity index (χ0n) is 6.23. The molecule has 2 nitrogen and oxygen atoms in total. The number of hydrogen-bond donors (Lipinski definition) is 1. The molecule has 0 aromatic carbocycles. The van der Waals surface area contributed by atoms with Gasteiger partial charge in [-0.1, -0.05) is 19.1 Å². The van der Waals surface area contributed by atoms with Crippen LogP contribution in [-0.4, -0.2) is 7.05 Å². The van der Waals surface area contributed by atoms with Crippen molar-refractivity contribution in [3.8, 4) is 0 Å². The fraction of sp³-hybridized carbons (Fsp3) is 0.429. The first-order chi connectivity index (χ1) is 4.85. The van der Waals surface area contributed by atoms with Crippen LogP contribution in [0.1, 0.15) is 13.3 Å². The molecule has 0 rings (SSSR count). The predicted octanol–water partition coefficient (Wildman–Crippen LogP) is 1.91. The molecule has 0 atom stereocenters. The van der Waals surface area contributed by atoms with Gasteiger partial charge in [0.2, 0.25) is 5.88 Å². The lowest BCUT2D eigenvalue weighted by Gasteiger charge is -1.95. The monoisotopic (exact) mass is 145 g/mol. The van der Waals surface area contributed by atoms with E-state index in [2.05, 4.69) is 10.3 Å². The highest BCUT2D eigenvalue weighted by Gasteiger charge is 1.87. The van der Waals surface area contributed by atoms with E-state index in [1.165, 1.54) is 6.08 Å². The summed E-state index contributed by atoms with van der Waals surface area (Å²) in [6.45, 7) is 2.00. The maximum Gasteiger partial charge on any atom is 0.236 e. The zero-order valence-corrected chi connectivity index (χ0v) is 6.23. The molecule has 0 heterocycles. The molecule has 58 valence electrons. The van der Waals surface area contributed by atoms with E-state index in [-0.39, 0.29) is 5.88 Å². The molecule has 0 amide bonds. The van der Waals surface area contributed by atoms with E-state index in [0.29, 0.717) is 0 Å². The Morgan fingerprint density at radius 3 is 2.80 bits per heavy atom. The molecular weight excluding hydrogens is 133 g/mol. The van der Waals surface area contributed by atoms with Gasteiger partial charge in [0.15, 0.2) is 0 Å². The minimum Gasteiger partial charge on any atom is -0.356 e. The summed E-state index contributed by atoms with van der Waals surface area (Å²) in [7, 11) is 1.59. The molecule has 0 saturated carbocycles. The van der Waals surface area contributed by atoms with Gasteiger partial charge in [-0.25, -0.2) is 0 Å². The Morgan fingerprint density at radius 1 is 1.70 bits per heavy atom. The molecule has 1 N–H and O–H groups in total. The van der Waals surface area contributed by atoms with E-state index in [1.54, 1.807) is 13.1 Å². The smallest absolute Gasteiger partial charge is 0.236 e. The molecule has 0 fully saturated rings. The fourth-order valence-corrected chi connectivity index (χ4v) is 0.439. The molecule has 0 saturated heterocycles. The Balaban J connectivity index is 3.74. The Kier molecular flexibility index (Phi) is 5.53. The van der Waals surface area contributed by atoms with Gasteiger partial charge in [0.1, 0.15) is 0 Å². The largest absolute Gasteiger partial charge is 0.356 e. The number of halogens is 1. The molecule has 0 spiro atoms. The Bertz CT molecular complexity index is 126. The van der Waals surface area contributed by atoms with Gasteiger partial charge in [-0.15, -0.1) is 0 Å². The second-order valence-corrected chi connectivity index (χ2v) is 1.69. The van der Waals surface area contributed by atoms with Crippen LogP contribution < -0.4 is 5.32 Å². The minimum absolute atomic E-state index is 0.115. The molecule has 0 aromatic heterocycles. The van der Waals surface area contributed by atoms with Crippen molar-refractivity contribution in [2.75, 3.05) is 7.05 Å². The summed E-state index contributed by atoms with van der Waals surface area (Å²) >= 11 is 0. The van der Waals surface area contributed by atoms with Gasteiger partial charge in [-0.05, 0) is 6.42 Å². The maximum absolute atomic E-state index is 11.4. The first kappa shape index (κ1) is 9.01. The van der Waals surface area contributed by atoms with E-state index in [9.17, 15) is 4.53 Å². The van der Waals surface area contributed by atoms with Crippen LogP contribution >= 0.6 is 0 Å². The van der Waals surface area contributed by atoms with Gasteiger partial charge in [-0.3, -0.25) is 4.94 Å². The molecule has 10 heavy (non-hydrogen) atoms. The van der Waals surface area contributed by atoms with Crippen molar-refractivity contribution in [3.05, 3.63) is 24.1 Å². The number of nitrogens with one attached hydrogen (secondary N) is 1. The minimum atomic E-state index is 0.115. The Hall–Kier alpha value is -0.990. The van der Waals surface area contributed by atoms with Crippen LogP contribution in [0.15, 0.2) is 24.1 Å². The van der Waals surface area contributed by atoms with Crippen LogP contribution in [0.3, 0.4) is 0 Å². The van der Waals surface area contributed by atoms with Crippen LogP contribution in [0.4, 0.5) is 4.53 Å². The van der Waals surface area contributed by atoms with E-state index >= 15 is 0 Å². The molecule has 0 bridgehead atoms. The number of hydrogen-bond acceptors (Lipinski definition) is 2. The maximum atomic E-state index is 11.4. The van der Waals surface area contributed by atoms with Crippen molar-refractivity contribution in [2.45, 2.75) is 13.3 Å². The molecule has 0 unspecified atom stereocenters. The van der Waals surface area contributed by atoms with Crippen LogP contribution in [0.25, 0.3) is 0 Å². The average molecular weight is 145 g/mol. The van der Waals surface area contributed by atoms with Gasteiger partial charge < -0.3 is 5.32 Å². The molecule has 0 radical (unpaired) electrons. The predicted molar refractivity (Wildman–Crippen MR) is 38.8 cm³/mol. The SMILES string of the molecule is CC/C=C\C=C(/NC)OF. The van der Waals surface area contributed by atoms with Crippen molar-refractivity contribution >= 4 is 0 Å². The normalized spacial score (nSPS) is 12.1. The zero-order chi connectivity index (χ0) is 7.82. The lowest BCUT2D eigenvalue weighted by molar-refractivity contribution is -0.0902. The first-order valence-electron chi connectivity index (χ1n) is 3.18. The molecule has 3 heteroatoms. The van der Waals surface area contributed by atoms with Crippen LogP contribution in [0.5, 0.6) is 0 Å². The van der Waals surface area contributed by atoms with Crippen LogP contribution in [-0.2, 0) is 4.94 Å². The summed E-state index contributed by atoms with van der Waals surface area (Å²) in [6.07, 6.45) is 6.07. The lowest BCUT2D eigenvalue weighted by atomic mass is 10.4. The van der Waals surface area contributed by atoms with Crippen molar-refractivity contribution in [3.63, 3.8) is 0 Å². The van der Waals surface area contributed by atoms with Crippen LogP contribution in [0.2, 0.25) is 0 Å². The third-order valence-corrected chi connectivity index (χ3v) is 0.949. The van der Waals surface area contributed by atoms with Crippen molar-refractivity contribution in [1.29, 1.82) is 0 Å². The van der Waals surface area contributed by atoms with E-state index in [1.807, 2.05) is 13.0 Å². The molecular formula is C7H12FNO. The van der Waals surface area contributed by atoms with E-state index in [4.69, 9.17) is 0 Å². The highest BCUT2D eigenvalue weighted by Crippen LogP contribution is 1.92. The second kappa shape index (κ2) is 6.13. The molecule has 0 aromatic rings. The van der Waals surface area contributed by atoms with Crippen LogP contribution in [0, 0.1) is 0 Å². The standard InChI is InChI=1S/C7H12FNO/c1-3-4-5-6-7(9-2)10-8/h4-6,9H,3H2,1-2H3/b5-4-,7-6+. The van der Waals surface area contributed by atoms with Gasteiger partial charge in [-0.2, -0.15) is 0 Å². The fourth-order valence-electron chi connectivity index (χ4n) is 0.439. The van der Waals surface area contributed by atoms with E-state index < -0.39 is 0 Å². The summed E-state index contributed by atoms with van der Waals surface area (Å²) in [4.78, 5) is 3.44. The van der Waals surface area contributed by atoms with E-state index in [0.717, 1.165) is 6.42 Å². The number of rotatable bonds is 4. The third-order valence-electron chi connectivity index (χ3n) is 0.949. The van der Waals surface area contributed by atoms with Crippen molar-refractivity contribution in [2.24, 2.45) is 0 Å². The Labute approximate surface area is 60.3 Å². The lowest BCUT2D eigenvalue weighted by Crippen LogP contribution is -2.04. The Morgan fingerprint density at radius 2 is 2.40 bits per heavy atom. The van der Waals surface area contributed by atoms with Crippen molar-refractivity contribution in [1.82, 2.24) is 5.32 Å². The summed E-state index contributed by atoms with van der Waals surface area (Å²) in [5, 5.41) is 2.52.